The van der Waals surface area contributed by atoms with Crippen molar-refractivity contribution in [2.75, 3.05) is 6.54 Å². The topological polar surface area (TPSA) is 40.7 Å². The van der Waals surface area contributed by atoms with E-state index in [0.717, 1.165) is 30.6 Å². The van der Waals surface area contributed by atoms with Crippen molar-refractivity contribution in [2.45, 2.75) is 39.2 Å². The molecule has 0 bridgehead atoms. The molecule has 0 saturated heterocycles. The summed E-state index contributed by atoms with van der Waals surface area (Å²) < 4.78 is 0. The summed E-state index contributed by atoms with van der Waals surface area (Å²) in [5.74, 6) is 1.78. The molecule has 2 aromatic heterocycles. The Morgan fingerprint density at radius 2 is 2.37 bits per heavy atom. The van der Waals surface area contributed by atoms with Gasteiger partial charge in [-0.3, -0.25) is 0 Å². The molecule has 3 nitrogen and oxygen atoms in total. The second-order valence-corrected chi connectivity index (χ2v) is 5.98. The predicted octanol–water partition coefficient (Wildman–Crippen LogP) is 3.48. The molecule has 0 radical (unpaired) electrons. The first-order valence-corrected chi connectivity index (χ1v) is 7.44. The van der Waals surface area contributed by atoms with Gasteiger partial charge in [0, 0.05) is 24.3 Å². The van der Waals surface area contributed by atoms with Crippen LogP contribution in [-0.2, 0) is 6.54 Å². The van der Waals surface area contributed by atoms with Gasteiger partial charge in [-0.05, 0) is 48.9 Å². The first-order valence-electron chi connectivity index (χ1n) is 7.44. The smallest absolute Gasteiger partial charge is 0.137 e. The zero-order valence-electron chi connectivity index (χ0n) is 11.7. The average molecular weight is 257 g/mol. The third-order valence-electron chi connectivity index (χ3n) is 4.33. The van der Waals surface area contributed by atoms with E-state index in [-0.39, 0.29) is 0 Å². The highest BCUT2D eigenvalue weighted by Crippen LogP contribution is 2.28. The average Bonchev–Trinajstić information content (AvgIpc) is 2.83. The third kappa shape index (κ3) is 2.98. The molecule has 2 N–H and O–H groups in total. The van der Waals surface area contributed by atoms with Gasteiger partial charge >= 0.3 is 0 Å². The molecule has 2 atom stereocenters. The Morgan fingerprint density at radius 1 is 1.42 bits per heavy atom. The van der Waals surface area contributed by atoms with Crippen molar-refractivity contribution in [1.82, 2.24) is 15.3 Å². The van der Waals surface area contributed by atoms with Gasteiger partial charge in [0.05, 0.1) is 0 Å². The Hall–Kier alpha value is -1.35. The van der Waals surface area contributed by atoms with Gasteiger partial charge in [0.2, 0.25) is 0 Å². The van der Waals surface area contributed by atoms with Crippen molar-refractivity contribution in [2.24, 2.45) is 11.8 Å². The summed E-state index contributed by atoms with van der Waals surface area (Å²) >= 11 is 0. The normalized spacial score (nSPS) is 23.8. The maximum atomic E-state index is 4.33. The molecule has 0 amide bonds. The molecule has 1 saturated carbocycles. The molecular formula is C16H23N3. The van der Waals surface area contributed by atoms with Gasteiger partial charge in [-0.15, -0.1) is 0 Å². The first kappa shape index (κ1) is 12.7. The largest absolute Gasteiger partial charge is 0.346 e. The summed E-state index contributed by atoms with van der Waals surface area (Å²) in [5.41, 5.74) is 2.32. The Kier molecular flexibility index (Phi) is 3.83. The number of nitrogens with one attached hydrogen (secondary N) is 2. The van der Waals surface area contributed by atoms with Crippen molar-refractivity contribution in [1.29, 1.82) is 0 Å². The zero-order valence-corrected chi connectivity index (χ0v) is 11.7. The van der Waals surface area contributed by atoms with Gasteiger partial charge in [0.15, 0.2) is 0 Å². The SMILES string of the molecule is CC1CCCC(CNCc2c[nH]c3ncccc23)C1. The van der Waals surface area contributed by atoms with Crippen molar-refractivity contribution < 1.29 is 0 Å². The molecule has 2 unspecified atom stereocenters. The number of H-pyrrole nitrogens is 1. The van der Waals surface area contributed by atoms with Crippen molar-refractivity contribution in [3.8, 4) is 0 Å². The van der Waals surface area contributed by atoms with Gasteiger partial charge in [-0.1, -0.05) is 19.8 Å². The predicted molar refractivity (Wildman–Crippen MR) is 78.9 cm³/mol. The molecule has 0 aliphatic heterocycles. The minimum Gasteiger partial charge on any atom is -0.346 e. The molecule has 19 heavy (non-hydrogen) atoms. The Balaban J connectivity index is 1.55. The fraction of sp³-hybridized carbons (Fsp3) is 0.562. The summed E-state index contributed by atoms with van der Waals surface area (Å²) in [6.07, 6.45) is 9.53. The lowest BCUT2D eigenvalue weighted by Crippen LogP contribution is -2.26. The van der Waals surface area contributed by atoms with Crippen LogP contribution in [0.15, 0.2) is 24.5 Å². The molecule has 1 fully saturated rings. The van der Waals surface area contributed by atoms with Crippen LogP contribution < -0.4 is 5.32 Å². The van der Waals surface area contributed by atoms with E-state index in [0.29, 0.717) is 0 Å². The number of hydrogen-bond acceptors (Lipinski definition) is 2. The number of aromatic nitrogens is 2. The Bertz CT molecular complexity index is 532. The Labute approximate surface area is 114 Å². The van der Waals surface area contributed by atoms with Crippen LogP contribution in [0, 0.1) is 11.8 Å². The summed E-state index contributed by atoms with van der Waals surface area (Å²) in [6, 6.07) is 4.14. The molecule has 102 valence electrons. The van der Waals surface area contributed by atoms with E-state index >= 15 is 0 Å². The van der Waals surface area contributed by atoms with Crippen LogP contribution in [0.25, 0.3) is 11.0 Å². The lowest BCUT2D eigenvalue weighted by molar-refractivity contribution is 0.274. The molecule has 1 aliphatic rings. The van der Waals surface area contributed by atoms with Gasteiger partial charge in [0.25, 0.3) is 0 Å². The van der Waals surface area contributed by atoms with Crippen LogP contribution in [-0.4, -0.2) is 16.5 Å². The maximum absolute atomic E-state index is 4.33. The Morgan fingerprint density at radius 3 is 3.26 bits per heavy atom. The van der Waals surface area contributed by atoms with Crippen molar-refractivity contribution >= 4 is 11.0 Å². The van der Waals surface area contributed by atoms with Gasteiger partial charge in [0.1, 0.15) is 5.65 Å². The fourth-order valence-electron chi connectivity index (χ4n) is 3.32. The fourth-order valence-corrected chi connectivity index (χ4v) is 3.32. The molecule has 0 spiro atoms. The highest BCUT2D eigenvalue weighted by molar-refractivity contribution is 5.79. The summed E-state index contributed by atoms with van der Waals surface area (Å²) in [5, 5.41) is 4.87. The number of fused-ring (bicyclic) bond motifs is 1. The number of hydrogen-bond donors (Lipinski definition) is 2. The number of rotatable bonds is 4. The van der Waals surface area contributed by atoms with E-state index in [9.17, 15) is 0 Å². The quantitative estimate of drug-likeness (QED) is 0.880. The lowest BCUT2D eigenvalue weighted by atomic mass is 9.82. The lowest BCUT2D eigenvalue weighted by Gasteiger charge is -2.26. The van der Waals surface area contributed by atoms with E-state index in [1.54, 1.807) is 0 Å². The van der Waals surface area contributed by atoms with Crippen LogP contribution in [0.4, 0.5) is 0 Å². The van der Waals surface area contributed by atoms with E-state index in [1.165, 1.54) is 36.6 Å². The van der Waals surface area contributed by atoms with Crippen molar-refractivity contribution in [3.63, 3.8) is 0 Å². The highest BCUT2D eigenvalue weighted by atomic mass is 14.9. The zero-order chi connectivity index (χ0) is 13.1. The number of nitrogens with zero attached hydrogens (tertiary/aromatic N) is 1. The first-order chi connectivity index (χ1) is 9.33. The molecule has 2 heterocycles. The van der Waals surface area contributed by atoms with Crippen LogP contribution >= 0.6 is 0 Å². The van der Waals surface area contributed by atoms with E-state index in [1.807, 2.05) is 12.3 Å². The standard InChI is InChI=1S/C16H23N3/c1-12-4-2-5-13(8-12)9-17-10-14-11-19-16-15(14)6-3-7-18-16/h3,6-7,11-13,17H,2,4-5,8-10H2,1H3,(H,18,19). The molecule has 1 aliphatic carbocycles. The minimum absolute atomic E-state index is 0.868. The van der Waals surface area contributed by atoms with Crippen LogP contribution in [0.5, 0.6) is 0 Å². The molecule has 0 aromatic carbocycles. The maximum Gasteiger partial charge on any atom is 0.137 e. The molecule has 3 heteroatoms. The van der Waals surface area contributed by atoms with Crippen LogP contribution in [0.2, 0.25) is 0 Å². The highest BCUT2D eigenvalue weighted by Gasteiger charge is 2.18. The molecule has 3 rings (SSSR count). The molecular weight excluding hydrogens is 234 g/mol. The summed E-state index contributed by atoms with van der Waals surface area (Å²) in [4.78, 5) is 7.56. The van der Waals surface area contributed by atoms with Gasteiger partial charge in [-0.25, -0.2) is 4.98 Å². The van der Waals surface area contributed by atoms with E-state index in [2.05, 4.69) is 34.5 Å². The monoisotopic (exact) mass is 257 g/mol. The minimum atomic E-state index is 0.868. The summed E-state index contributed by atoms with van der Waals surface area (Å²) in [7, 11) is 0. The van der Waals surface area contributed by atoms with E-state index < -0.39 is 0 Å². The van der Waals surface area contributed by atoms with Crippen LogP contribution in [0.3, 0.4) is 0 Å². The number of aromatic amines is 1. The summed E-state index contributed by atoms with van der Waals surface area (Å²) in [6.45, 7) is 4.48. The van der Waals surface area contributed by atoms with Gasteiger partial charge in [-0.2, -0.15) is 0 Å². The second-order valence-electron chi connectivity index (χ2n) is 5.98. The van der Waals surface area contributed by atoms with Crippen molar-refractivity contribution in [3.05, 3.63) is 30.1 Å². The van der Waals surface area contributed by atoms with Gasteiger partial charge < -0.3 is 10.3 Å². The second kappa shape index (κ2) is 5.74. The van der Waals surface area contributed by atoms with E-state index in [4.69, 9.17) is 0 Å². The number of pyridine rings is 1. The molecule has 2 aromatic rings. The third-order valence-corrected chi connectivity index (χ3v) is 4.33. The van der Waals surface area contributed by atoms with Crippen LogP contribution in [0.1, 0.15) is 38.2 Å².